The number of halogens is 3. The lowest BCUT2D eigenvalue weighted by molar-refractivity contribution is -0.198. The van der Waals surface area contributed by atoms with Crippen LogP contribution < -0.4 is 16.6 Å². The van der Waals surface area contributed by atoms with E-state index in [4.69, 9.17) is 10.9 Å². The van der Waals surface area contributed by atoms with Gasteiger partial charge in [0.15, 0.2) is 6.10 Å². The molecule has 1 aromatic heterocycles. The summed E-state index contributed by atoms with van der Waals surface area (Å²) >= 11 is 0. The first-order valence-electron chi connectivity index (χ1n) is 5.06. The fourth-order valence-corrected chi connectivity index (χ4v) is 1.25. The molecule has 0 bridgehead atoms. The van der Waals surface area contributed by atoms with Gasteiger partial charge < -0.3 is 15.8 Å². The highest BCUT2D eigenvalue weighted by molar-refractivity contribution is 5.56. The third kappa shape index (κ3) is 3.44. The molecule has 0 saturated heterocycles. The molecule has 0 aliphatic rings. The highest BCUT2D eigenvalue weighted by atomic mass is 19.4. The Kier molecular flexibility index (Phi) is 4.30. The fourth-order valence-electron chi connectivity index (χ4n) is 1.25. The molecular formula is C9H14F3N5O. The van der Waals surface area contributed by atoms with Gasteiger partial charge in [0.25, 0.3) is 0 Å². The second kappa shape index (κ2) is 5.36. The van der Waals surface area contributed by atoms with Crippen LogP contribution in [0.25, 0.3) is 0 Å². The zero-order valence-corrected chi connectivity index (χ0v) is 9.84. The van der Waals surface area contributed by atoms with E-state index >= 15 is 0 Å². The zero-order valence-electron chi connectivity index (χ0n) is 9.84. The normalized spacial score (nSPS) is 13.3. The van der Waals surface area contributed by atoms with Crippen LogP contribution in [0.5, 0.6) is 0 Å². The van der Waals surface area contributed by atoms with E-state index < -0.39 is 18.8 Å². The van der Waals surface area contributed by atoms with Gasteiger partial charge in [-0.2, -0.15) is 13.2 Å². The fraction of sp³-hybridized carbons (Fsp3) is 0.556. The number of nitrogens with zero attached hydrogens (tertiary/aromatic N) is 2. The van der Waals surface area contributed by atoms with Crippen LogP contribution in [0.2, 0.25) is 0 Å². The molecule has 1 aromatic rings. The van der Waals surface area contributed by atoms with Gasteiger partial charge in [-0.15, -0.1) is 0 Å². The summed E-state index contributed by atoms with van der Waals surface area (Å²) < 4.78 is 36.4. The Morgan fingerprint density at radius 1 is 1.28 bits per heavy atom. The van der Waals surface area contributed by atoms with Crippen molar-refractivity contribution in [2.24, 2.45) is 5.84 Å². The first-order chi connectivity index (χ1) is 8.25. The number of anilines is 2. The Morgan fingerprint density at radius 3 is 2.33 bits per heavy atom. The quantitative estimate of drug-likeness (QED) is 0.473. The monoisotopic (exact) mass is 265 g/mol. The number of nitrogens with one attached hydrogen (secondary N) is 2. The van der Waals surface area contributed by atoms with Crippen molar-refractivity contribution in [2.75, 3.05) is 17.3 Å². The van der Waals surface area contributed by atoms with Gasteiger partial charge in [-0.1, -0.05) is 0 Å². The van der Waals surface area contributed by atoms with Crippen LogP contribution in [-0.2, 0) is 0 Å². The molecule has 0 aliphatic heterocycles. The van der Waals surface area contributed by atoms with E-state index in [1.807, 2.05) is 0 Å². The van der Waals surface area contributed by atoms with Crippen molar-refractivity contribution in [2.45, 2.75) is 26.1 Å². The molecule has 5 N–H and O–H groups in total. The number of aliphatic hydroxyl groups is 1. The Balaban J connectivity index is 2.82. The summed E-state index contributed by atoms with van der Waals surface area (Å²) in [6, 6.07) is 0. The van der Waals surface area contributed by atoms with E-state index in [2.05, 4.69) is 20.7 Å². The maximum atomic E-state index is 12.1. The standard InChI is InChI=1S/C9H14F3N5O/c1-4-7(14-3-6(18)9(10,11)12)15-5(2)16-8(4)17-13/h6,18H,3,13H2,1-2H3,(H2,14,15,16,17). The Bertz CT molecular complexity index is 423. The van der Waals surface area contributed by atoms with Gasteiger partial charge in [-0.3, -0.25) is 0 Å². The van der Waals surface area contributed by atoms with Crippen molar-refractivity contribution in [3.8, 4) is 0 Å². The summed E-state index contributed by atoms with van der Waals surface area (Å²) in [5.41, 5.74) is 2.79. The number of hydrazine groups is 1. The number of aryl methyl sites for hydroxylation is 1. The molecule has 0 amide bonds. The molecular weight excluding hydrogens is 251 g/mol. The van der Waals surface area contributed by atoms with Crippen LogP contribution in [0.1, 0.15) is 11.4 Å². The number of nitrogens with two attached hydrogens (primary N) is 1. The van der Waals surface area contributed by atoms with Crippen molar-refractivity contribution in [1.29, 1.82) is 0 Å². The summed E-state index contributed by atoms with van der Waals surface area (Å²) in [4.78, 5) is 7.89. The zero-order chi connectivity index (χ0) is 13.9. The molecule has 0 aromatic carbocycles. The molecule has 9 heteroatoms. The van der Waals surface area contributed by atoms with Gasteiger partial charge >= 0.3 is 6.18 Å². The largest absolute Gasteiger partial charge is 0.416 e. The van der Waals surface area contributed by atoms with Gasteiger partial charge in [0, 0.05) is 5.56 Å². The highest BCUT2D eigenvalue weighted by Gasteiger charge is 2.38. The third-order valence-corrected chi connectivity index (χ3v) is 2.24. The van der Waals surface area contributed by atoms with Crippen LogP contribution in [0.15, 0.2) is 0 Å². The Morgan fingerprint density at radius 2 is 1.83 bits per heavy atom. The minimum Gasteiger partial charge on any atom is -0.382 e. The van der Waals surface area contributed by atoms with Gasteiger partial charge in [0.05, 0.1) is 6.54 Å². The summed E-state index contributed by atoms with van der Waals surface area (Å²) in [6.07, 6.45) is -7.13. The summed E-state index contributed by atoms with van der Waals surface area (Å²) in [7, 11) is 0. The van der Waals surface area contributed by atoms with Gasteiger partial charge in [-0.05, 0) is 13.8 Å². The van der Waals surface area contributed by atoms with Gasteiger partial charge in [0.2, 0.25) is 0 Å². The molecule has 1 atom stereocenters. The lowest BCUT2D eigenvalue weighted by atomic mass is 10.3. The van der Waals surface area contributed by atoms with Crippen molar-refractivity contribution < 1.29 is 18.3 Å². The minimum atomic E-state index is -4.67. The SMILES string of the molecule is Cc1nc(NN)c(C)c(NCC(O)C(F)(F)F)n1. The van der Waals surface area contributed by atoms with Crippen LogP contribution >= 0.6 is 0 Å². The van der Waals surface area contributed by atoms with Crippen LogP contribution in [-0.4, -0.2) is 33.9 Å². The molecule has 0 spiro atoms. The summed E-state index contributed by atoms with van der Waals surface area (Å²) in [5, 5.41) is 11.3. The number of rotatable bonds is 4. The Hall–Kier alpha value is -1.61. The average molecular weight is 265 g/mol. The van der Waals surface area contributed by atoms with Gasteiger partial charge in [-0.25, -0.2) is 15.8 Å². The number of alkyl halides is 3. The number of hydrogen-bond donors (Lipinski definition) is 4. The van der Waals surface area contributed by atoms with E-state index in [0.717, 1.165) is 0 Å². The van der Waals surface area contributed by atoms with Crippen LogP contribution in [0.4, 0.5) is 24.8 Å². The van der Waals surface area contributed by atoms with Crippen molar-refractivity contribution in [3.05, 3.63) is 11.4 Å². The second-order valence-corrected chi connectivity index (χ2v) is 3.68. The van der Waals surface area contributed by atoms with Crippen LogP contribution in [0.3, 0.4) is 0 Å². The van der Waals surface area contributed by atoms with Crippen molar-refractivity contribution >= 4 is 11.6 Å². The highest BCUT2D eigenvalue weighted by Crippen LogP contribution is 2.22. The smallest absolute Gasteiger partial charge is 0.382 e. The number of aromatic nitrogens is 2. The topological polar surface area (TPSA) is 96.1 Å². The summed E-state index contributed by atoms with van der Waals surface area (Å²) in [5.74, 6) is 6.07. The molecule has 0 saturated carbocycles. The van der Waals surface area contributed by atoms with Crippen molar-refractivity contribution in [3.63, 3.8) is 0 Å². The molecule has 0 fully saturated rings. The van der Waals surface area contributed by atoms with E-state index in [1.54, 1.807) is 13.8 Å². The van der Waals surface area contributed by atoms with Crippen molar-refractivity contribution in [1.82, 2.24) is 9.97 Å². The lowest BCUT2D eigenvalue weighted by Crippen LogP contribution is -2.35. The molecule has 1 unspecified atom stereocenters. The number of aliphatic hydroxyl groups excluding tert-OH is 1. The molecule has 0 radical (unpaired) electrons. The predicted molar refractivity (Wildman–Crippen MR) is 59.9 cm³/mol. The first kappa shape index (κ1) is 14.5. The third-order valence-electron chi connectivity index (χ3n) is 2.24. The maximum Gasteiger partial charge on any atom is 0.416 e. The predicted octanol–water partition coefficient (Wildman–Crippen LogP) is 0.714. The molecule has 1 heterocycles. The van der Waals surface area contributed by atoms with Gasteiger partial charge in [0.1, 0.15) is 17.5 Å². The minimum absolute atomic E-state index is 0.193. The second-order valence-electron chi connectivity index (χ2n) is 3.68. The maximum absolute atomic E-state index is 12.1. The summed E-state index contributed by atoms with van der Waals surface area (Å²) in [6.45, 7) is 2.48. The molecule has 1 rings (SSSR count). The number of hydrogen-bond acceptors (Lipinski definition) is 6. The molecule has 0 aliphatic carbocycles. The van der Waals surface area contributed by atoms with E-state index in [0.29, 0.717) is 17.2 Å². The van der Waals surface area contributed by atoms with Crippen LogP contribution in [0, 0.1) is 13.8 Å². The lowest BCUT2D eigenvalue weighted by Gasteiger charge is -2.17. The first-order valence-corrected chi connectivity index (χ1v) is 5.06. The van der Waals surface area contributed by atoms with E-state index in [9.17, 15) is 13.2 Å². The molecule has 102 valence electrons. The Labute approximate surface area is 101 Å². The van der Waals surface area contributed by atoms with E-state index in [1.165, 1.54) is 0 Å². The van der Waals surface area contributed by atoms with E-state index in [-0.39, 0.29) is 5.82 Å². The number of nitrogen functional groups attached to an aromatic ring is 1. The molecule has 6 nitrogen and oxygen atoms in total. The average Bonchev–Trinajstić information content (AvgIpc) is 2.27. The molecule has 18 heavy (non-hydrogen) atoms.